The minimum atomic E-state index is -0.119. The SMILES string of the molecule is C[C@]12CC[C@H](O)CC1=CCC1C2CC[C@]2(C)c3nc(-c4ccccc4)ccc3CC12. The number of hydrogen-bond acceptors (Lipinski definition) is 2. The first-order valence-electron chi connectivity index (χ1n) is 11.9. The number of hydrogen-bond donors (Lipinski definition) is 1. The van der Waals surface area contributed by atoms with E-state index in [0.29, 0.717) is 11.3 Å². The summed E-state index contributed by atoms with van der Waals surface area (Å²) in [4.78, 5) is 5.28. The van der Waals surface area contributed by atoms with E-state index < -0.39 is 0 Å². The van der Waals surface area contributed by atoms with E-state index in [4.69, 9.17) is 4.98 Å². The van der Waals surface area contributed by atoms with Crippen molar-refractivity contribution in [3.63, 3.8) is 0 Å². The normalized spacial score (nSPS) is 39.4. The molecule has 0 radical (unpaired) electrons. The van der Waals surface area contributed by atoms with E-state index in [0.717, 1.165) is 36.8 Å². The first-order chi connectivity index (χ1) is 14.5. The highest BCUT2D eigenvalue weighted by Gasteiger charge is 2.57. The molecule has 0 aliphatic heterocycles. The fourth-order valence-electron chi connectivity index (χ4n) is 7.79. The van der Waals surface area contributed by atoms with Gasteiger partial charge in [-0.25, -0.2) is 0 Å². The number of allylic oxidation sites excluding steroid dienone is 1. The highest BCUT2D eigenvalue weighted by atomic mass is 16.3. The molecule has 1 N–H and O–H groups in total. The van der Waals surface area contributed by atoms with Gasteiger partial charge in [-0.15, -0.1) is 0 Å². The van der Waals surface area contributed by atoms with Crippen LogP contribution in [0, 0.1) is 23.2 Å². The van der Waals surface area contributed by atoms with E-state index in [1.54, 1.807) is 5.57 Å². The molecule has 6 atom stereocenters. The zero-order chi connectivity index (χ0) is 20.5. The Hall–Kier alpha value is -1.93. The Bertz CT molecular complexity index is 1010. The van der Waals surface area contributed by atoms with Crippen molar-refractivity contribution in [3.05, 3.63) is 65.4 Å². The van der Waals surface area contributed by atoms with Crippen molar-refractivity contribution < 1.29 is 5.11 Å². The molecule has 1 aromatic carbocycles. The minimum absolute atomic E-state index is 0.119. The summed E-state index contributed by atoms with van der Waals surface area (Å²) in [6.07, 6.45) is 10.4. The Morgan fingerprint density at radius 2 is 1.70 bits per heavy atom. The Labute approximate surface area is 180 Å². The van der Waals surface area contributed by atoms with Gasteiger partial charge in [0.2, 0.25) is 0 Å². The third-order valence-corrected chi connectivity index (χ3v) is 9.50. The number of pyridine rings is 1. The molecule has 156 valence electrons. The molecule has 30 heavy (non-hydrogen) atoms. The number of benzene rings is 1. The second-order valence-corrected chi connectivity index (χ2v) is 10.9. The third kappa shape index (κ3) is 2.56. The summed E-state index contributed by atoms with van der Waals surface area (Å²) in [6, 6.07) is 15.2. The molecule has 4 aliphatic rings. The quantitative estimate of drug-likeness (QED) is 0.589. The average Bonchev–Trinajstić information content (AvgIpc) is 3.07. The van der Waals surface area contributed by atoms with E-state index in [1.807, 2.05) is 0 Å². The van der Waals surface area contributed by atoms with E-state index in [-0.39, 0.29) is 11.5 Å². The van der Waals surface area contributed by atoms with Crippen molar-refractivity contribution in [2.45, 2.75) is 70.3 Å². The summed E-state index contributed by atoms with van der Waals surface area (Å²) >= 11 is 0. The van der Waals surface area contributed by atoms with Gasteiger partial charge >= 0.3 is 0 Å². The largest absolute Gasteiger partial charge is 0.393 e. The maximum atomic E-state index is 10.2. The van der Waals surface area contributed by atoms with Gasteiger partial charge in [0, 0.05) is 11.0 Å². The topological polar surface area (TPSA) is 33.1 Å². The summed E-state index contributed by atoms with van der Waals surface area (Å²) in [5.74, 6) is 2.22. The van der Waals surface area contributed by atoms with Crippen molar-refractivity contribution in [2.24, 2.45) is 23.2 Å². The highest BCUT2D eigenvalue weighted by molar-refractivity contribution is 5.60. The predicted octanol–water partition coefficient (Wildman–Crippen LogP) is 6.09. The number of fused-ring (bicyclic) bond motifs is 7. The Kier molecular flexibility index (Phi) is 4.10. The molecule has 1 heterocycles. The Morgan fingerprint density at radius 3 is 2.53 bits per heavy atom. The van der Waals surface area contributed by atoms with E-state index in [1.165, 1.54) is 42.5 Å². The van der Waals surface area contributed by atoms with Crippen LogP contribution >= 0.6 is 0 Å². The molecule has 2 aromatic rings. The maximum Gasteiger partial charge on any atom is 0.0705 e. The molecule has 2 nitrogen and oxygen atoms in total. The van der Waals surface area contributed by atoms with E-state index in [2.05, 4.69) is 62.4 Å². The predicted molar refractivity (Wildman–Crippen MR) is 121 cm³/mol. The van der Waals surface area contributed by atoms with Crippen LogP contribution in [0.1, 0.15) is 63.6 Å². The number of rotatable bonds is 1. The fraction of sp³-hybridized carbons (Fsp3) is 0.536. The second kappa shape index (κ2) is 6.53. The number of nitrogens with zero attached hydrogens (tertiary/aromatic N) is 1. The van der Waals surface area contributed by atoms with Crippen LogP contribution in [0.4, 0.5) is 0 Å². The van der Waals surface area contributed by atoms with Gasteiger partial charge in [0.15, 0.2) is 0 Å². The van der Waals surface area contributed by atoms with Crippen LogP contribution in [-0.4, -0.2) is 16.2 Å². The van der Waals surface area contributed by atoms with Crippen LogP contribution in [0.25, 0.3) is 11.3 Å². The number of aliphatic hydroxyl groups excluding tert-OH is 1. The summed E-state index contributed by atoms with van der Waals surface area (Å²) in [5, 5.41) is 10.2. The minimum Gasteiger partial charge on any atom is -0.393 e. The fourth-order valence-corrected chi connectivity index (χ4v) is 7.79. The van der Waals surface area contributed by atoms with Crippen LogP contribution in [0.3, 0.4) is 0 Å². The lowest BCUT2D eigenvalue weighted by Gasteiger charge is -2.57. The van der Waals surface area contributed by atoms with E-state index in [9.17, 15) is 5.11 Å². The molecular formula is C28H33NO. The standard InChI is InChI=1S/C28H33NO/c1-27-14-12-21(30)17-20(27)9-10-22-23(27)13-15-28(2)24(22)16-19-8-11-25(29-26(19)28)18-6-4-3-5-7-18/h3-9,11,21-24,30H,10,12-17H2,1-2H3/t21-,22?,23?,24?,27-,28-/m0/s1. The molecule has 0 bridgehead atoms. The van der Waals surface area contributed by atoms with Gasteiger partial charge < -0.3 is 5.11 Å². The van der Waals surface area contributed by atoms with Gasteiger partial charge in [0.25, 0.3) is 0 Å². The molecule has 6 rings (SSSR count). The molecule has 2 saturated carbocycles. The number of aromatic nitrogens is 1. The van der Waals surface area contributed by atoms with Crippen LogP contribution in [0.5, 0.6) is 0 Å². The molecule has 0 spiro atoms. The first-order valence-corrected chi connectivity index (χ1v) is 11.9. The molecule has 2 fully saturated rings. The lowest BCUT2D eigenvalue weighted by Crippen LogP contribution is -2.51. The van der Waals surface area contributed by atoms with Crippen molar-refractivity contribution in [1.82, 2.24) is 4.98 Å². The Morgan fingerprint density at radius 1 is 0.900 bits per heavy atom. The molecule has 0 amide bonds. The molecule has 4 aliphatic carbocycles. The van der Waals surface area contributed by atoms with Crippen LogP contribution < -0.4 is 0 Å². The van der Waals surface area contributed by atoms with Crippen LogP contribution in [0.15, 0.2) is 54.1 Å². The second-order valence-electron chi connectivity index (χ2n) is 10.9. The van der Waals surface area contributed by atoms with Crippen LogP contribution in [0.2, 0.25) is 0 Å². The van der Waals surface area contributed by atoms with Crippen molar-refractivity contribution in [2.75, 3.05) is 0 Å². The van der Waals surface area contributed by atoms with Crippen molar-refractivity contribution in [1.29, 1.82) is 0 Å². The summed E-state index contributed by atoms with van der Waals surface area (Å²) in [7, 11) is 0. The molecule has 0 saturated heterocycles. The Balaban J connectivity index is 1.37. The summed E-state index contributed by atoms with van der Waals surface area (Å²) in [6.45, 7) is 5.02. The van der Waals surface area contributed by atoms with Gasteiger partial charge in [-0.1, -0.05) is 61.9 Å². The lowest BCUT2D eigenvalue weighted by atomic mass is 9.48. The monoisotopic (exact) mass is 399 g/mol. The zero-order valence-corrected chi connectivity index (χ0v) is 18.3. The van der Waals surface area contributed by atoms with Gasteiger partial charge in [0.1, 0.15) is 0 Å². The van der Waals surface area contributed by atoms with Gasteiger partial charge in [-0.2, -0.15) is 0 Å². The van der Waals surface area contributed by atoms with Gasteiger partial charge in [0.05, 0.1) is 17.5 Å². The molecular weight excluding hydrogens is 366 g/mol. The molecule has 2 heteroatoms. The van der Waals surface area contributed by atoms with Crippen molar-refractivity contribution in [3.8, 4) is 11.3 Å². The lowest BCUT2D eigenvalue weighted by molar-refractivity contribution is -0.0169. The highest BCUT2D eigenvalue weighted by Crippen LogP contribution is 2.63. The smallest absolute Gasteiger partial charge is 0.0705 e. The maximum absolute atomic E-state index is 10.2. The van der Waals surface area contributed by atoms with Gasteiger partial charge in [-0.3, -0.25) is 4.98 Å². The number of aliphatic hydroxyl groups is 1. The third-order valence-electron chi connectivity index (χ3n) is 9.50. The molecule has 3 unspecified atom stereocenters. The zero-order valence-electron chi connectivity index (χ0n) is 18.3. The molecule has 1 aromatic heterocycles. The first kappa shape index (κ1) is 18.8. The van der Waals surface area contributed by atoms with Crippen LogP contribution in [-0.2, 0) is 11.8 Å². The summed E-state index contributed by atoms with van der Waals surface area (Å²) in [5.41, 5.74) is 7.29. The van der Waals surface area contributed by atoms with E-state index >= 15 is 0 Å². The summed E-state index contributed by atoms with van der Waals surface area (Å²) < 4.78 is 0. The average molecular weight is 400 g/mol. The van der Waals surface area contributed by atoms with Gasteiger partial charge in [-0.05, 0) is 79.7 Å². The van der Waals surface area contributed by atoms with Crippen molar-refractivity contribution >= 4 is 0 Å².